The van der Waals surface area contributed by atoms with E-state index in [0.29, 0.717) is 0 Å². The van der Waals surface area contributed by atoms with Gasteiger partial charge in [-0.1, -0.05) is 45.0 Å². The van der Waals surface area contributed by atoms with Crippen LogP contribution in [0.3, 0.4) is 0 Å². The zero-order valence-electron chi connectivity index (χ0n) is 10.9. The van der Waals surface area contributed by atoms with Crippen molar-refractivity contribution in [3.63, 3.8) is 0 Å². The van der Waals surface area contributed by atoms with Crippen LogP contribution in [0.2, 0.25) is 0 Å². The zero-order chi connectivity index (χ0) is 12.3. The van der Waals surface area contributed by atoms with E-state index in [-0.39, 0.29) is 17.6 Å². The minimum atomic E-state index is -0.384. The van der Waals surface area contributed by atoms with Crippen LogP contribution in [0.15, 0.2) is 24.3 Å². The summed E-state index contributed by atoms with van der Waals surface area (Å²) in [6.07, 6.45) is -0.384. The van der Waals surface area contributed by atoms with Crippen molar-refractivity contribution in [3.8, 4) is 0 Å². The molecular weight excluding hydrogens is 198 g/mol. The Kier molecular flexibility index (Phi) is 4.11. The highest BCUT2D eigenvalue weighted by Crippen LogP contribution is 2.24. The second-order valence-corrected chi connectivity index (χ2v) is 5.38. The van der Waals surface area contributed by atoms with Crippen molar-refractivity contribution < 1.29 is 5.11 Å². The van der Waals surface area contributed by atoms with Crippen molar-refractivity contribution in [2.45, 2.75) is 45.3 Å². The van der Waals surface area contributed by atoms with Crippen LogP contribution in [0.25, 0.3) is 0 Å². The summed E-state index contributed by atoms with van der Waals surface area (Å²) < 4.78 is 0. The van der Waals surface area contributed by atoms with Crippen LogP contribution >= 0.6 is 0 Å². The molecular formula is C14H23NO. The molecule has 0 aromatic heterocycles. The van der Waals surface area contributed by atoms with Crippen molar-refractivity contribution in [2.75, 3.05) is 7.05 Å². The smallest absolute Gasteiger partial charge is 0.0706 e. The maximum absolute atomic E-state index is 9.63. The van der Waals surface area contributed by atoms with Crippen molar-refractivity contribution in [1.29, 1.82) is 0 Å². The molecule has 0 amide bonds. The Bertz CT molecular complexity index is 322. The summed E-state index contributed by atoms with van der Waals surface area (Å²) in [6.45, 7) is 8.41. The molecule has 0 aliphatic heterocycles. The van der Waals surface area contributed by atoms with E-state index in [4.69, 9.17) is 0 Å². The number of likely N-dealkylation sites (N-methyl/N-ethyl adjacent to an activating group) is 1. The third kappa shape index (κ3) is 3.06. The SMILES string of the molecule is CNC(c1ccc(C(C)(C)C)cc1)C(C)O. The maximum Gasteiger partial charge on any atom is 0.0706 e. The minimum Gasteiger partial charge on any atom is -0.391 e. The quantitative estimate of drug-likeness (QED) is 0.822. The van der Waals surface area contributed by atoms with Gasteiger partial charge < -0.3 is 10.4 Å². The molecule has 2 atom stereocenters. The maximum atomic E-state index is 9.63. The van der Waals surface area contributed by atoms with E-state index < -0.39 is 0 Å². The zero-order valence-corrected chi connectivity index (χ0v) is 10.9. The highest BCUT2D eigenvalue weighted by molar-refractivity contribution is 5.29. The number of hydrogen-bond acceptors (Lipinski definition) is 2. The van der Waals surface area contributed by atoms with Crippen LogP contribution in [-0.2, 0) is 5.41 Å². The molecule has 2 N–H and O–H groups in total. The highest BCUT2D eigenvalue weighted by Gasteiger charge is 2.17. The Hall–Kier alpha value is -0.860. The van der Waals surface area contributed by atoms with E-state index in [9.17, 15) is 5.11 Å². The summed E-state index contributed by atoms with van der Waals surface area (Å²) in [7, 11) is 1.87. The Morgan fingerprint density at radius 2 is 1.62 bits per heavy atom. The number of aliphatic hydroxyl groups is 1. The summed E-state index contributed by atoms with van der Waals surface area (Å²) in [4.78, 5) is 0. The van der Waals surface area contributed by atoms with Gasteiger partial charge in [0.2, 0.25) is 0 Å². The molecule has 0 bridgehead atoms. The fraction of sp³-hybridized carbons (Fsp3) is 0.571. The number of aliphatic hydroxyl groups excluding tert-OH is 1. The predicted octanol–water partition coefficient (Wildman–Crippen LogP) is 2.63. The summed E-state index contributed by atoms with van der Waals surface area (Å²) in [5, 5.41) is 12.8. The van der Waals surface area contributed by atoms with Crippen LogP contribution < -0.4 is 5.32 Å². The molecule has 1 aromatic carbocycles. The Labute approximate surface area is 98.7 Å². The number of nitrogens with one attached hydrogen (secondary N) is 1. The number of hydrogen-bond donors (Lipinski definition) is 2. The number of rotatable bonds is 3. The molecule has 0 radical (unpaired) electrons. The molecule has 0 aliphatic carbocycles. The molecule has 0 aliphatic rings. The standard InChI is InChI=1S/C14H23NO/c1-10(16)13(15-5)11-6-8-12(9-7-11)14(2,3)4/h6-10,13,15-16H,1-5H3. The van der Waals surface area contributed by atoms with E-state index in [1.165, 1.54) is 5.56 Å². The van der Waals surface area contributed by atoms with Crippen LogP contribution in [0.5, 0.6) is 0 Å². The van der Waals surface area contributed by atoms with E-state index >= 15 is 0 Å². The van der Waals surface area contributed by atoms with Gasteiger partial charge in [-0.15, -0.1) is 0 Å². The summed E-state index contributed by atoms with van der Waals surface area (Å²) in [6, 6.07) is 8.47. The molecule has 0 fully saturated rings. The third-order valence-corrected chi connectivity index (χ3v) is 2.93. The Balaban J connectivity index is 2.94. The molecule has 0 heterocycles. The van der Waals surface area contributed by atoms with Gasteiger partial charge in [0.1, 0.15) is 0 Å². The first-order valence-corrected chi connectivity index (χ1v) is 5.82. The minimum absolute atomic E-state index is 0.00835. The molecule has 0 spiro atoms. The third-order valence-electron chi connectivity index (χ3n) is 2.93. The molecule has 1 rings (SSSR count). The van der Waals surface area contributed by atoms with Gasteiger partial charge >= 0.3 is 0 Å². The van der Waals surface area contributed by atoms with Crippen LogP contribution in [-0.4, -0.2) is 18.3 Å². The molecule has 0 saturated heterocycles. The number of benzene rings is 1. The van der Waals surface area contributed by atoms with Gasteiger partial charge in [-0.2, -0.15) is 0 Å². The van der Waals surface area contributed by atoms with Gasteiger partial charge in [-0.05, 0) is 30.5 Å². The predicted molar refractivity (Wildman–Crippen MR) is 68.6 cm³/mol. The molecule has 90 valence electrons. The van der Waals surface area contributed by atoms with Crippen LogP contribution in [0, 0.1) is 0 Å². The fourth-order valence-corrected chi connectivity index (χ4v) is 1.88. The fourth-order valence-electron chi connectivity index (χ4n) is 1.88. The van der Waals surface area contributed by atoms with Crippen molar-refractivity contribution >= 4 is 0 Å². The second kappa shape index (κ2) is 4.98. The first kappa shape index (κ1) is 13.2. The average molecular weight is 221 g/mol. The molecule has 0 saturated carbocycles. The lowest BCUT2D eigenvalue weighted by Gasteiger charge is -2.22. The van der Waals surface area contributed by atoms with E-state index in [1.54, 1.807) is 6.92 Å². The topological polar surface area (TPSA) is 32.3 Å². The average Bonchev–Trinajstić information content (AvgIpc) is 2.17. The molecule has 16 heavy (non-hydrogen) atoms. The van der Waals surface area contributed by atoms with Crippen molar-refractivity contribution in [1.82, 2.24) is 5.32 Å². The van der Waals surface area contributed by atoms with Gasteiger partial charge in [0.15, 0.2) is 0 Å². The Morgan fingerprint density at radius 1 is 1.12 bits per heavy atom. The van der Waals surface area contributed by atoms with Crippen molar-refractivity contribution in [2.24, 2.45) is 0 Å². The lowest BCUT2D eigenvalue weighted by Crippen LogP contribution is -2.27. The summed E-state index contributed by atoms with van der Waals surface area (Å²) in [5.74, 6) is 0. The first-order valence-electron chi connectivity index (χ1n) is 5.82. The van der Waals surface area contributed by atoms with E-state index in [0.717, 1.165) is 5.56 Å². The summed E-state index contributed by atoms with van der Waals surface area (Å²) in [5.41, 5.74) is 2.63. The lowest BCUT2D eigenvalue weighted by atomic mass is 9.86. The highest BCUT2D eigenvalue weighted by atomic mass is 16.3. The lowest BCUT2D eigenvalue weighted by molar-refractivity contribution is 0.150. The van der Waals surface area contributed by atoms with Gasteiger partial charge in [0.05, 0.1) is 12.1 Å². The monoisotopic (exact) mass is 221 g/mol. The second-order valence-electron chi connectivity index (χ2n) is 5.38. The molecule has 2 heteroatoms. The first-order chi connectivity index (χ1) is 7.36. The molecule has 2 unspecified atom stereocenters. The van der Waals surface area contributed by atoms with Crippen LogP contribution in [0.4, 0.5) is 0 Å². The van der Waals surface area contributed by atoms with Crippen LogP contribution in [0.1, 0.15) is 44.9 Å². The Morgan fingerprint density at radius 3 is 1.94 bits per heavy atom. The largest absolute Gasteiger partial charge is 0.391 e. The van der Waals surface area contributed by atoms with Gasteiger partial charge in [0.25, 0.3) is 0 Å². The normalized spacial score (nSPS) is 15.9. The molecule has 1 aromatic rings. The van der Waals surface area contributed by atoms with Crippen molar-refractivity contribution in [3.05, 3.63) is 35.4 Å². The van der Waals surface area contributed by atoms with Gasteiger partial charge in [0, 0.05) is 0 Å². The summed E-state index contributed by atoms with van der Waals surface area (Å²) >= 11 is 0. The molecule has 2 nitrogen and oxygen atoms in total. The van der Waals surface area contributed by atoms with E-state index in [2.05, 4.69) is 50.4 Å². The van der Waals surface area contributed by atoms with E-state index in [1.807, 2.05) is 7.05 Å². The van der Waals surface area contributed by atoms with Gasteiger partial charge in [-0.3, -0.25) is 0 Å². The van der Waals surface area contributed by atoms with Gasteiger partial charge in [-0.25, -0.2) is 0 Å².